The largest absolute Gasteiger partial charge is 0.324 e. The highest BCUT2D eigenvalue weighted by Crippen LogP contribution is 2.28. The van der Waals surface area contributed by atoms with Gasteiger partial charge in [-0.15, -0.1) is 0 Å². The number of hydrogen-bond acceptors (Lipinski definition) is 3. The number of amides is 1. The summed E-state index contributed by atoms with van der Waals surface area (Å²) in [7, 11) is 2.20. The molecule has 0 aromatic carbocycles. The Morgan fingerprint density at radius 3 is 2.52 bits per heavy atom. The summed E-state index contributed by atoms with van der Waals surface area (Å²) in [6, 6.07) is 1.23. The van der Waals surface area contributed by atoms with E-state index in [-0.39, 0.29) is 12.2 Å². The fourth-order valence-corrected chi connectivity index (χ4v) is 3.33. The molecule has 0 radical (unpaired) electrons. The minimum absolute atomic E-state index is 0.0378. The molecule has 1 N–H and O–H groups in total. The zero-order valence-electron chi connectivity index (χ0n) is 14.4. The lowest BCUT2D eigenvalue weighted by Gasteiger charge is -2.33. The number of likely N-dealkylation sites (N-methyl/N-ethyl adjacent to an activating group) is 1. The van der Waals surface area contributed by atoms with Gasteiger partial charge < -0.3 is 4.90 Å². The molecular weight excluding hydrogens is 262 g/mol. The van der Waals surface area contributed by atoms with Crippen LogP contribution in [0.1, 0.15) is 59.8 Å². The van der Waals surface area contributed by atoms with Gasteiger partial charge in [-0.05, 0) is 39.2 Å². The van der Waals surface area contributed by atoms with Gasteiger partial charge >= 0.3 is 0 Å². The van der Waals surface area contributed by atoms with Gasteiger partial charge in [0.2, 0.25) is 5.91 Å². The Morgan fingerprint density at radius 1 is 1.33 bits per heavy atom. The lowest BCUT2D eigenvalue weighted by atomic mass is 10.1. The normalized spacial score (nSPS) is 28.0. The van der Waals surface area contributed by atoms with Gasteiger partial charge in [0, 0.05) is 18.6 Å². The van der Waals surface area contributed by atoms with Crippen molar-refractivity contribution >= 4 is 5.91 Å². The number of rotatable bonds is 8. The van der Waals surface area contributed by atoms with Crippen molar-refractivity contribution in [1.82, 2.24) is 15.1 Å². The van der Waals surface area contributed by atoms with Crippen LogP contribution in [0.4, 0.5) is 0 Å². The van der Waals surface area contributed by atoms with Gasteiger partial charge in [0.05, 0.1) is 12.2 Å². The summed E-state index contributed by atoms with van der Waals surface area (Å²) in [5, 5.41) is 3.57. The van der Waals surface area contributed by atoms with E-state index in [1.165, 1.54) is 12.8 Å². The van der Waals surface area contributed by atoms with E-state index in [0.717, 1.165) is 31.8 Å². The molecule has 1 aliphatic carbocycles. The number of hydrogen-bond donors (Lipinski definition) is 1. The molecule has 1 saturated heterocycles. The zero-order valence-corrected chi connectivity index (χ0v) is 14.4. The molecule has 3 atom stereocenters. The fourth-order valence-electron chi connectivity index (χ4n) is 3.33. The summed E-state index contributed by atoms with van der Waals surface area (Å²) >= 11 is 0. The molecule has 1 amide bonds. The molecule has 3 unspecified atom stereocenters. The third-order valence-corrected chi connectivity index (χ3v) is 5.05. The average molecular weight is 295 g/mol. The van der Waals surface area contributed by atoms with Crippen LogP contribution >= 0.6 is 0 Å². The number of carbonyl (C=O) groups excluding carboxylic acids is 1. The van der Waals surface area contributed by atoms with Gasteiger partial charge in [0.25, 0.3) is 0 Å². The fraction of sp³-hybridized carbons (Fsp3) is 0.941. The van der Waals surface area contributed by atoms with Crippen LogP contribution in [0.15, 0.2) is 0 Å². The molecule has 0 bridgehead atoms. The predicted molar refractivity (Wildman–Crippen MR) is 87.0 cm³/mol. The first kappa shape index (κ1) is 16.8. The smallest absolute Gasteiger partial charge is 0.241 e. The summed E-state index contributed by atoms with van der Waals surface area (Å²) in [6.07, 6.45) is 6.09. The first-order valence-electron chi connectivity index (χ1n) is 8.74. The Hall–Kier alpha value is -0.610. The monoisotopic (exact) mass is 295 g/mol. The highest BCUT2D eigenvalue weighted by atomic mass is 16.2. The zero-order chi connectivity index (χ0) is 15.6. The molecule has 1 saturated carbocycles. The van der Waals surface area contributed by atoms with E-state index in [9.17, 15) is 4.79 Å². The second-order valence-electron chi connectivity index (χ2n) is 7.29. The van der Waals surface area contributed by atoms with Crippen molar-refractivity contribution in [2.45, 2.75) is 84.1 Å². The average Bonchev–Trinajstić information content (AvgIpc) is 3.24. The molecule has 2 fully saturated rings. The minimum atomic E-state index is 0.0378. The molecule has 2 aliphatic rings. The minimum Gasteiger partial charge on any atom is -0.324 e. The summed E-state index contributed by atoms with van der Waals surface area (Å²) in [6.45, 7) is 9.70. The molecule has 1 heterocycles. The van der Waals surface area contributed by atoms with Crippen LogP contribution in [0.2, 0.25) is 0 Å². The molecule has 0 aromatic rings. The third-order valence-electron chi connectivity index (χ3n) is 5.05. The molecule has 0 spiro atoms. The predicted octanol–water partition coefficient (Wildman–Crippen LogP) is 2.44. The standard InChI is InChI=1S/C17H33N3O/c1-6-7-8-15-17(21)20(16(18-15)12(2)3)11-13(4)19(5)14-9-10-14/h12-16,18H,6-11H2,1-5H3. The van der Waals surface area contributed by atoms with E-state index in [1.54, 1.807) is 0 Å². The highest BCUT2D eigenvalue weighted by molar-refractivity contribution is 5.84. The van der Waals surface area contributed by atoms with Gasteiger partial charge in [0.1, 0.15) is 0 Å². The third kappa shape index (κ3) is 3.98. The summed E-state index contributed by atoms with van der Waals surface area (Å²) in [5.41, 5.74) is 0. The van der Waals surface area contributed by atoms with Crippen molar-refractivity contribution in [3.63, 3.8) is 0 Å². The van der Waals surface area contributed by atoms with Crippen LogP contribution in [0.3, 0.4) is 0 Å². The Labute approximate surface area is 130 Å². The van der Waals surface area contributed by atoms with Crippen molar-refractivity contribution in [3.8, 4) is 0 Å². The molecule has 4 nitrogen and oxygen atoms in total. The van der Waals surface area contributed by atoms with Crippen LogP contribution < -0.4 is 5.32 Å². The molecular formula is C17H33N3O. The lowest BCUT2D eigenvalue weighted by molar-refractivity contribution is -0.131. The summed E-state index contributed by atoms with van der Waals surface area (Å²) in [5.74, 6) is 0.775. The first-order valence-corrected chi connectivity index (χ1v) is 8.74. The summed E-state index contributed by atoms with van der Waals surface area (Å²) < 4.78 is 0. The second kappa shape index (κ2) is 7.10. The van der Waals surface area contributed by atoms with Crippen molar-refractivity contribution in [2.24, 2.45) is 5.92 Å². The highest BCUT2D eigenvalue weighted by Gasteiger charge is 2.41. The molecule has 21 heavy (non-hydrogen) atoms. The van der Waals surface area contributed by atoms with Gasteiger partial charge in [0.15, 0.2) is 0 Å². The number of carbonyl (C=O) groups is 1. The maximum Gasteiger partial charge on any atom is 0.241 e. The maximum absolute atomic E-state index is 12.7. The Morgan fingerprint density at radius 2 is 2.00 bits per heavy atom. The van der Waals surface area contributed by atoms with Crippen LogP contribution in [0.25, 0.3) is 0 Å². The molecule has 2 rings (SSSR count). The summed E-state index contributed by atoms with van der Waals surface area (Å²) in [4.78, 5) is 17.3. The Kier molecular flexibility index (Phi) is 5.67. The maximum atomic E-state index is 12.7. The van der Waals surface area contributed by atoms with E-state index in [2.05, 4.69) is 49.9 Å². The van der Waals surface area contributed by atoms with Crippen LogP contribution in [-0.2, 0) is 4.79 Å². The second-order valence-corrected chi connectivity index (χ2v) is 7.29. The Balaban J connectivity index is 1.98. The van der Waals surface area contributed by atoms with Gasteiger partial charge in [-0.25, -0.2) is 0 Å². The van der Waals surface area contributed by atoms with Gasteiger partial charge in [-0.2, -0.15) is 0 Å². The van der Waals surface area contributed by atoms with Crippen LogP contribution in [0, 0.1) is 5.92 Å². The molecule has 1 aliphatic heterocycles. The van der Waals surface area contributed by atoms with Crippen LogP contribution in [0.5, 0.6) is 0 Å². The lowest BCUT2D eigenvalue weighted by Crippen LogP contribution is -2.48. The quantitative estimate of drug-likeness (QED) is 0.747. The van der Waals surface area contributed by atoms with Crippen LogP contribution in [-0.4, -0.2) is 53.6 Å². The SMILES string of the molecule is CCCCC1NC(C(C)C)N(CC(C)N(C)C2CC2)C1=O. The first-order chi connectivity index (χ1) is 9.95. The van der Waals surface area contributed by atoms with E-state index >= 15 is 0 Å². The van der Waals surface area contributed by atoms with E-state index in [1.807, 2.05) is 0 Å². The van der Waals surface area contributed by atoms with Crippen molar-refractivity contribution < 1.29 is 4.79 Å². The molecule has 122 valence electrons. The van der Waals surface area contributed by atoms with E-state index < -0.39 is 0 Å². The molecule has 4 heteroatoms. The molecule has 0 aromatic heterocycles. The van der Waals surface area contributed by atoms with E-state index in [4.69, 9.17) is 0 Å². The van der Waals surface area contributed by atoms with Crippen molar-refractivity contribution in [3.05, 3.63) is 0 Å². The number of nitrogens with one attached hydrogen (secondary N) is 1. The van der Waals surface area contributed by atoms with Gasteiger partial charge in [-0.1, -0.05) is 33.6 Å². The van der Waals surface area contributed by atoms with Crippen molar-refractivity contribution in [2.75, 3.05) is 13.6 Å². The van der Waals surface area contributed by atoms with Crippen molar-refractivity contribution in [1.29, 1.82) is 0 Å². The number of nitrogens with zero attached hydrogens (tertiary/aromatic N) is 2. The number of unbranched alkanes of at least 4 members (excludes halogenated alkanes) is 1. The Bertz CT molecular complexity index is 354. The van der Waals surface area contributed by atoms with E-state index in [0.29, 0.717) is 17.9 Å². The van der Waals surface area contributed by atoms with Gasteiger partial charge in [-0.3, -0.25) is 15.0 Å². The topological polar surface area (TPSA) is 35.6 Å².